The first-order valence-corrected chi connectivity index (χ1v) is 6.76. The summed E-state index contributed by atoms with van der Waals surface area (Å²) in [6, 6.07) is 0. The summed E-state index contributed by atoms with van der Waals surface area (Å²) in [5.41, 5.74) is 5.97. The smallest absolute Gasteiger partial charge is 0.0613 e. The molecule has 1 saturated heterocycles. The van der Waals surface area contributed by atoms with Gasteiger partial charge < -0.3 is 15.7 Å². The minimum atomic E-state index is -0.272. The van der Waals surface area contributed by atoms with E-state index in [1.54, 1.807) is 0 Å². The molecule has 1 heterocycles. The maximum absolute atomic E-state index is 9.39. The van der Waals surface area contributed by atoms with Gasteiger partial charge in [0.25, 0.3) is 0 Å². The van der Waals surface area contributed by atoms with Gasteiger partial charge in [-0.25, -0.2) is 0 Å². The SMILES string of the molecule is CC1CCN(CCC2CCCC2(N)CO)C1. The quantitative estimate of drug-likeness (QED) is 0.757. The molecule has 3 heteroatoms. The predicted octanol–water partition coefficient (Wildman–Crippen LogP) is 1.21. The second-order valence-electron chi connectivity index (χ2n) is 5.96. The van der Waals surface area contributed by atoms with Crippen LogP contribution in [-0.2, 0) is 0 Å². The Labute approximate surface area is 99.0 Å². The third kappa shape index (κ3) is 2.58. The number of hydrogen-bond acceptors (Lipinski definition) is 3. The predicted molar refractivity (Wildman–Crippen MR) is 66.2 cm³/mol. The molecule has 2 fully saturated rings. The largest absolute Gasteiger partial charge is 0.394 e. The molecule has 0 aromatic heterocycles. The summed E-state index contributed by atoms with van der Waals surface area (Å²) in [6.07, 6.45) is 5.92. The highest BCUT2D eigenvalue weighted by molar-refractivity contribution is 4.96. The molecular formula is C13H26N2O. The fourth-order valence-electron chi connectivity index (χ4n) is 3.38. The molecule has 3 nitrogen and oxygen atoms in total. The molecule has 0 spiro atoms. The van der Waals surface area contributed by atoms with E-state index in [1.165, 1.54) is 45.3 Å². The number of aliphatic hydroxyl groups is 1. The van der Waals surface area contributed by atoms with Crippen molar-refractivity contribution in [3.63, 3.8) is 0 Å². The van der Waals surface area contributed by atoms with E-state index in [0.29, 0.717) is 5.92 Å². The maximum Gasteiger partial charge on any atom is 0.0613 e. The first-order chi connectivity index (χ1) is 7.64. The van der Waals surface area contributed by atoms with E-state index in [2.05, 4.69) is 11.8 Å². The molecule has 0 aromatic rings. The van der Waals surface area contributed by atoms with Gasteiger partial charge in [-0.1, -0.05) is 13.3 Å². The monoisotopic (exact) mass is 226 g/mol. The summed E-state index contributed by atoms with van der Waals surface area (Å²) in [7, 11) is 0. The first kappa shape index (κ1) is 12.3. The van der Waals surface area contributed by atoms with Crippen LogP contribution >= 0.6 is 0 Å². The van der Waals surface area contributed by atoms with E-state index < -0.39 is 0 Å². The lowest BCUT2D eigenvalue weighted by molar-refractivity contribution is 0.147. The number of nitrogens with two attached hydrogens (primary N) is 1. The van der Waals surface area contributed by atoms with Crippen molar-refractivity contribution in [1.82, 2.24) is 4.90 Å². The van der Waals surface area contributed by atoms with Crippen molar-refractivity contribution in [3.8, 4) is 0 Å². The van der Waals surface area contributed by atoms with Crippen molar-refractivity contribution in [2.75, 3.05) is 26.2 Å². The molecule has 1 aliphatic carbocycles. The summed E-state index contributed by atoms with van der Waals surface area (Å²) < 4.78 is 0. The lowest BCUT2D eigenvalue weighted by Crippen LogP contribution is -2.47. The minimum Gasteiger partial charge on any atom is -0.394 e. The molecule has 0 radical (unpaired) electrons. The summed E-state index contributed by atoms with van der Waals surface area (Å²) in [4.78, 5) is 2.56. The number of nitrogens with zero attached hydrogens (tertiary/aromatic N) is 1. The summed E-state index contributed by atoms with van der Waals surface area (Å²) in [6.45, 7) is 6.17. The summed E-state index contributed by atoms with van der Waals surface area (Å²) >= 11 is 0. The Bertz CT molecular complexity index is 234. The van der Waals surface area contributed by atoms with E-state index in [0.717, 1.165) is 12.3 Å². The molecule has 3 unspecified atom stereocenters. The molecule has 1 saturated carbocycles. The van der Waals surface area contributed by atoms with Crippen molar-refractivity contribution < 1.29 is 5.11 Å². The van der Waals surface area contributed by atoms with Crippen LogP contribution in [-0.4, -0.2) is 41.8 Å². The lowest BCUT2D eigenvalue weighted by Gasteiger charge is -2.30. The number of hydrogen-bond donors (Lipinski definition) is 2. The zero-order valence-corrected chi connectivity index (χ0v) is 10.5. The second-order valence-corrected chi connectivity index (χ2v) is 5.96. The molecule has 16 heavy (non-hydrogen) atoms. The average Bonchev–Trinajstić information content (AvgIpc) is 2.83. The van der Waals surface area contributed by atoms with Gasteiger partial charge in [0, 0.05) is 12.1 Å². The zero-order valence-electron chi connectivity index (χ0n) is 10.5. The van der Waals surface area contributed by atoms with Gasteiger partial charge in [0.05, 0.1) is 6.61 Å². The first-order valence-electron chi connectivity index (χ1n) is 6.76. The minimum absolute atomic E-state index is 0.161. The third-order valence-electron chi connectivity index (χ3n) is 4.60. The average molecular weight is 226 g/mol. The third-order valence-corrected chi connectivity index (χ3v) is 4.60. The lowest BCUT2D eigenvalue weighted by atomic mass is 9.86. The Kier molecular flexibility index (Phi) is 3.88. The number of aliphatic hydroxyl groups excluding tert-OH is 1. The van der Waals surface area contributed by atoms with Crippen LogP contribution in [0.2, 0.25) is 0 Å². The molecule has 0 bridgehead atoms. The van der Waals surface area contributed by atoms with E-state index in [4.69, 9.17) is 5.73 Å². The van der Waals surface area contributed by atoms with E-state index in [9.17, 15) is 5.11 Å². The van der Waals surface area contributed by atoms with Crippen molar-refractivity contribution in [2.24, 2.45) is 17.6 Å². The molecule has 94 valence electrons. The van der Waals surface area contributed by atoms with Crippen molar-refractivity contribution >= 4 is 0 Å². The molecule has 3 atom stereocenters. The van der Waals surface area contributed by atoms with Crippen LogP contribution in [0.5, 0.6) is 0 Å². The standard InChI is InChI=1S/C13H26N2O/c1-11-4-7-15(9-11)8-5-12-3-2-6-13(12,14)10-16/h11-12,16H,2-10,14H2,1H3. The Morgan fingerprint density at radius 2 is 2.25 bits per heavy atom. The molecule has 0 aromatic carbocycles. The van der Waals surface area contributed by atoms with Crippen LogP contribution in [0.15, 0.2) is 0 Å². The van der Waals surface area contributed by atoms with Crippen LogP contribution in [0.3, 0.4) is 0 Å². The molecule has 2 aliphatic rings. The van der Waals surface area contributed by atoms with Gasteiger partial charge >= 0.3 is 0 Å². The molecule has 3 N–H and O–H groups in total. The fourth-order valence-corrected chi connectivity index (χ4v) is 3.38. The van der Waals surface area contributed by atoms with Crippen LogP contribution in [0.25, 0.3) is 0 Å². The zero-order chi connectivity index (χ0) is 11.6. The molecule has 1 aliphatic heterocycles. The highest BCUT2D eigenvalue weighted by Gasteiger charge is 2.38. The van der Waals surface area contributed by atoms with Gasteiger partial charge in [-0.15, -0.1) is 0 Å². The van der Waals surface area contributed by atoms with Crippen LogP contribution < -0.4 is 5.73 Å². The maximum atomic E-state index is 9.39. The van der Waals surface area contributed by atoms with E-state index >= 15 is 0 Å². The Morgan fingerprint density at radius 1 is 1.44 bits per heavy atom. The Hall–Kier alpha value is -0.120. The Balaban J connectivity index is 1.77. The summed E-state index contributed by atoms with van der Waals surface area (Å²) in [5, 5.41) is 9.39. The molecule has 2 rings (SSSR count). The number of likely N-dealkylation sites (tertiary alicyclic amines) is 1. The molecular weight excluding hydrogens is 200 g/mol. The highest BCUT2D eigenvalue weighted by Crippen LogP contribution is 2.36. The van der Waals surface area contributed by atoms with Crippen LogP contribution in [0.4, 0.5) is 0 Å². The second kappa shape index (κ2) is 5.03. The van der Waals surface area contributed by atoms with Crippen molar-refractivity contribution in [3.05, 3.63) is 0 Å². The van der Waals surface area contributed by atoms with Crippen molar-refractivity contribution in [1.29, 1.82) is 0 Å². The van der Waals surface area contributed by atoms with E-state index in [1.807, 2.05) is 0 Å². The van der Waals surface area contributed by atoms with Gasteiger partial charge in [0.2, 0.25) is 0 Å². The number of rotatable bonds is 4. The van der Waals surface area contributed by atoms with Gasteiger partial charge in [-0.3, -0.25) is 0 Å². The topological polar surface area (TPSA) is 49.5 Å². The fraction of sp³-hybridized carbons (Fsp3) is 1.00. The van der Waals surface area contributed by atoms with Gasteiger partial charge in [0.15, 0.2) is 0 Å². The summed E-state index contributed by atoms with van der Waals surface area (Å²) in [5.74, 6) is 1.40. The van der Waals surface area contributed by atoms with Gasteiger partial charge in [0.1, 0.15) is 0 Å². The van der Waals surface area contributed by atoms with Crippen LogP contribution in [0, 0.1) is 11.8 Å². The van der Waals surface area contributed by atoms with Crippen molar-refractivity contribution in [2.45, 2.75) is 44.6 Å². The highest BCUT2D eigenvalue weighted by atomic mass is 16.3. The van der Waals surface area contributed by atoms with E-state index in [-0.39, 0.29) is 12.1 Å². The van der Waals surface area contributed by atoms with Crippen LogP contribution in [0.1, 0.15) is 39.0 Å². The normalized spacial score (nSPS) is 40.7. The molecule has 0 amide bonds. The van der Waals surface area contributed by atoms with Gasteiger partial charge in [-0.2, -0.15) is 0 Å². The van der Waals surface area contributed by atoms with Gasteiger partial charge in [-0.05, 0) is 50.6 Å². The Morgan fingerprint density at radius 3 is 2.88 bits per heavy atom.